The molecular formula is C24H28N6O5. The Morgan fingerprint density at radius 1 is 1.26 bits per heavy atom. The standard InChI is InChI=1S/C24H28N6O5/c1-33-21-19(35-15-17(31)14-29-9-11-34-12-10-29)5-4-18-20(21)27-24(30-8-7-26-22(18)30)28-23(32)16-3-2-6-25-13-16/h2-6,13,17,31H,7-12,14-15H2,1H3,(H,27,28,32)/t17-/m1/s1. The number of methoxy groups -OCH3 is 1. The van der Waals surface area contributed by atoms with Crippen molar-refractivity contribution >= 4 is 23.4 Å². The van der Waals surface area contributed by atoms with Crippen molar-refractivity contribution in [2.75, 3.05) is 59.7 Å². The number of nitrogens with zero attached hydrogens (tertiary/aromatic N) is 5. The Morgan fingerprint density at radius 3 is 2.89 bits per heavy atom. The minimum absolute atomic E-state index is 0.105. The molecule has 184 valence electrons. The van der Waals surface area contributed by atoms with Crippen LogP contribution in [-0.4, -0.2) is 103 Å². The van der Waals surface area contributed by atoms with Crippen LogP contribution in [0.25, 0.3) is 0 Å². The molecule has 35 heavy (non-hydrogen) atoms. The van der Waals surface area contributed by atoms with Crippen LogP contribution in [-0.2, 0) is 4.74 Å². The maximum Gasteiger partial charge on any atom is 0.259 e. The second kappa shape index (κ2) is 10.4. The number of carbonyl (C=O) groups excluding carboxylic acids is 1. The van der Waals surface area contributed by atoms with Crippen LogP contribution in [0.5, 0.6) is 11.5 Å². The van der Waals surface area contributed by atoms with Gasteiger partial charge in [0.1, 0.15) is 24.2 Å². The van der Waals surface area contributed by atoms with E-state index in [0.29, 0.717) is 67.4 Å². The largest absolute Gasteiger partial charge is 0.491 e. The van der Waals surface area contributed by atoms with E-state index in [-0.39, 0.29) is 12.5 Å². The molecule has 0 spiro atoms. The van der Waals surface area contributed by atoms with Gasteiger partial charge < -0.3 is 19.3 Å². The molecule has 11 nitrogen and oxygen atoms in total. The fourth-order valence-electron chi connectivity index (χ4n) is 4.29. The van der Waals surface area contributed by atoms with Gasteiger partial charge in [-0.2, -0.15) is 0 Å². The number of aromatic nitrogens is 1. The summed E-state index contributed by atoms with van der Waals surface area (Å²) in [5.41, 5.74) is 1.74. The number of aliphatic imine (C=N–C) groups is 2. The van der Waals surface area contributed by atoms with Crippen LogP contribution < -0.4 is 14.8 Å². The zero-order valence-electron chi connectivity index (χ0n) is 19.5. The molecule has 2 aromatic rings. The molecule has 1 aromatic carbocycles. The van der Waals surface area contributed by atoms with Gasteiger partial charge in [-0.25, -0.2) is 4.99 Å². The number of fused-ring (bicyclic) bond motifs is 3. The first kappa shape index (κ1) is 23.2. The van der Waals surface area contributed by atoms with Gasteiger partial charge in [0.25, 0.3) is 5.91 Å². The number of carbonyl (C=O) groups is 1. The Hall–Kier alpha value is -3.54. The Bertz CT molecular complexity index is 1130. The Morgan fingerprint density at radius 2 is 2.11 bits per heavy atom. The van der Waals surface area contributed by atoms with E-state index in [2.05, 4.69) is 20.2 Å². The number of nitrogens with one attached hydrogen (secondary N) is 1. The van der Waals surface area contributed by atoms with Crippen molar-refractivity contribution in [1.29, 1.82) is 0 Å². The van der Waals surface area contributed by atoms with Crippen molar-refractivity contribution in [2.45, 2.75) is 6.10 Å². The van der Waals surface area contributed by atoms with Crippen molar-refractivity contribution < 1.29 is 24.1 Å². The van der Waals surface area contributed by atoms with Crippen LogP contribution in [0.2, 0.25) is 0 Å². The van der Waals surface area contributed by atoms with Crippen LogP contribution in [0.4, 0.5) is 5.69 Å². The molecule has 1 saturated heterocycles. The van der Waals surface area contributed by atoms with Crippen LogP contribution in [0.3, 0.4) is 0 Å². The molecule has 4 heterocycles. The number of ether oxygens (including phenoxy) is 3. The summed E-state index contributed by atoms with van der Waals surface area (Å²) in [5, 5.41) is 13.4. The fourth-order valence-corrected chi connectivity index (χ4v) is 4.29. The average molecular weight is 481 g/mol. The summed E-state index contributed by atoms with van der Waals surface area (Å²) in [6.45, 7) is 4.73. The third-order valence-electron chi connectivity index (χ3n) is 6.01. The number of amides is 1. The lowest BCUT2D eigenvalue weighted by Crippen LogP contribution is -2.47. The number of morpholine rings is 1. The molecule has 11 heteroatoms. The van der Waals surface area contributed by atoms with Gasteiger partial charge in [-0.05, 0) is 24.3 Å². The molecule has 3 aliphatic heterocycles. The van der Waals surface area contributed by atoms with Gasteiger partial charge in [0.05, 0.1) is 32.4 Å². The molecule has 2 N–H and O–H groups in total. The molecule has 1 amide bonds. The highest BCUT2D eigenvalue weighted by Crippen LogP contribution is 2.43. The minimum atomic E-state index is -0.665. The highest BCUT2D eigenvalue weighted by atomic mass is 16.5. The van der Waals surface area contributed by atoms with E-state index in [9.17, 15) is 9.90 Å². The highest BCUT2D eigenvalue weighted by Gasteiger charge is 2.33. The van der Waals surface area contributed by atoms with Gasteiger partial charge in [-0.3, -0.25) is 29.9 Å². The van der Waals surface area contributed by atoms with Crippen LogP contribution >= 0.6 is 0 Å². The van der Waals surface area contributed by atoms with Crippen molar-refractivity contribution in [1.82, 2.24) is 20.1 Å². The number of rotatable bonds is 7. The van der Waals surface area contributed by atoms with Crippen molar-refractivity contribution in [3.8, 4) is 11.5 Å². The van der Waals surface area contributed by atoms with Gasteiger partial charge in [0.2, 0.25) is 5.96 Å². The Kier molecular flexibility index (Phi) is 6.89. The van der Waals surface area contributed by atoms with E-state index in [1.807, 2.05) is 11.0 Å². The number of β-amino-alcohol motifs (C(OH)–C–C–N with tert-alkyl or cyclic N) is 1. The monoisotopic (exact) mass is 480 g/mol. The molecule has 0 radical (unpaired) electrons. The first-order chi connectivity index (χ1) is 17.1. The van der Waals surface area contributed by atoms with Crippen molar-refractivity contribution in [2.24, 2.45) is 9.98 Å². The Labute approximate surface area is 203 Å². The number of hydrogen-bond acceptors (Lipinski definition) is 10. The summed E-state index contributed by atoms with van der Waals surface area (Å²) in [4.78, 5) is 30.2. The molecule has 0 unspecified atom stereocenters. The fraction of sp³-hybridized carbons (Fsp3) is 0.417. The predicted molar refractivity (Wildman–Crippen MR) is 129 cm³/mol. The van der Waals surface area contributed by atoms with Crippen LogP contribution in [0, 0.1) is 0 Å². The molecule has 3 aliphatic rings. The quantitative estimate of drug-likeness (QED) is 0.593. The lowest BCUT2D eigenvalue weighted by molar-refractivity contribution is 0.00446. The predicted octanol–water partition coefficient (Wildman–Crippen LogP) is 0.655. The molecule has 5 rings (SSSR count). The van der Waals surface area contributed by atoms with E-state index < -0.39 is 6.10 Å². The van der Waals surface area contributed by atoms with Crippen molar-refractivity contribution in [3.63, 3.8) is 0 Å². The normalized spacial score (nSPS) is 18.2. The lowest BCUT2D eigenvalue weighted by atomic mass is 10.1. The SMILES string of the molecule is COc1c(OC[C@H](O)CN2CCOCC2)ccc2c1N=C(NC(=O)c1cccnc1)N1CCN=C21. The zero-order valence-corrected chi connectivity index (χ0v) is 19.5. The molecule has 0 aliphatic carbocycles. The van der Waals surface area contributed by atoms with Crippen LogP contribution in [0.15, 0.2) is 46.6 Å². The summed E-state index contributed by atoms with van der Waals surface area (Å²) in [5.74, 6) is 1.65. The first-order valence-corrected chi connectivity index (χ1v) is 11.6. The topological polar surface area (TPSA) is 121 Å². The highest BCUT2D eigenvalue weighted by molar-refractivity contribution is 6.20. The maximum atomic E-state index is 12.8. The molecule has 1 fully saturated rings. The number of amidine groups is 1. The summed E-state index contributed by atoms with van der Waals surface area (Å²) < 4.78 is 17.0. The summed E-state index contributed by atoms with van der Waals surface area (Å²) >= 11 is 0. The van der Waals surface area contributed by atoms with Gasteiger partial charge in [-0.15, -0.1) is 0 Å². The van der Waals surface area contributed by atoms with Crippen LogP contribution in [0.1, 0.15) is 15.9 Å². The first-order valence-electron chi connectivity index (χ1n) is 11.6. The third kappa shape index (κ3) is 4.97. The van der Waals surface area contributed by atoms with E-state index in [1.165, 1.54) is 6.20 Å². The van der Waals surface area contributed by atoms with Gasteiger partial charge in [0, 0.05) is 44.1 Å². The molecule has 1 atom stereocenters. The van der Waals surface area contributed by atoms with Crippen molar-refractivity contribution in [3.05, 3.63) is 47.8 Å². The van der Waals surface area contributed by atoms with E-state index in [4.69, 9.17) is 19.2 Å². The number of guanidine groups is 1. The number of aliphatic hydroxyl groups is 1. The van der Waals surface area contributed by atoms with E-state index in [1.54, 1.807) is 31.5 Å². The number of pyridine rings is 1. The Balaban J connectivity index is 1.37. The smallest absolute Gasteiger partial charge is 0.259 e. The number of hydrogen-bond donors (Lipinski definition) is 2. The van der Waals surface area contributed by atoms with E-state index >= 15 is 0 Å². The molecule has 0 saturated carbocycles. The molecule has 1 aromatic heterocycles. The van der Waals surface area contributed by atoms with E-state index in [0.717, 1.165) is 18.7 Å². The lowest BCUT2D eigenvalue weighted by Gasteiger charge is -2.29. The third-order valence-corrected chi connectivity index (χ3v) is 6.01. The average Bonchev–Trinajstić information content (AvgIpc) is 3.39. The number of benzene rings is 1. The number of aliphatic hydroxyl groups excluding tert-OH is 1. The zero-order chi connectivity index (χ0) is 24.2. The maximum absolute atomic E-state index is 12.8. The summed E-state index contributed by atoms with van der Waals surface area (Å²) in [6, 6.07) is 7.07. The second-order valence-corrected chi connectivity index (χ2v) is 8.36. The van der Waals surface area contributed by atoms with Gasteiger partial charge in [0.15, 0.2) is 11.5 Å². The molecule has 0 bridgehead atoms. The minimum Gasteiger partial charge on any atom is -0.491 e. The van der Waals surface area contributed by atoms with Gasteiger partial charge in [-0.1, -0.05) is 0 Å². The summed E-state index contributed by atoms with van der Waals surface area (Å²) in [6.07, 6.45) is 2.45. The van der Waals surface area contributed by atoms with Gasteiger partial charge >= 0.3 is 0 Å². The summed E-state index contributed by atoms with van der Waals surface area (Å²) in [7, 11) is 1.54. The molecular weight excluding hydrogens is 452 g/mol. The second-order valence-electron chi connectivity index (χ2n) is 8.36.